The molecule has 2 fully saturated rings. The number of fused-ring (bicyclic) bond motifs is 1. The molecule has 1 aromatic carbocycles. The lowest BCUT2D eigenvalue weighted by molar-refractivity contribution is -0.142. The van der Waals surface area contributed by atoms with Crippen LogP contribution < -0.4 is 9.47 Å². The Kier molecular flexibility index (Phi) is 5.91. The molecule has 1 aliphatic carbocycles. The largest absolute Gasteiger partial charge is 0.493 e. The van der Waals surface area contributed by atoms with Crippen molar-refractivity contribution in [1.29, 1.82) is 0 Å². The second-order valence-electron chi connectivity index (χ2n) is 8.61. The molecule has 7 heteroatoms. The number of hydrogen-bond donors (Lipinski definition) is 0. The summed E-state index contributed by atoms with van der Waals surface area (Å²) in [6, 6.07) is 8.74. The molecule has 0 bridgehead atoms. The van der Waals surface area contributed by atoms with Gasteiger partial charge in [-0.1, -0.05) is 6.07 Å². The summed E-state index contributed by atoms with van der Waals surface area (Å²) in [5.41, 5.74) is 2.47. The Morgan fingerprint density at radius 1 is 1.19 bits per heavy atom. The summed E-state index contributed by atoms with van der Waals surface area (Å²) >= 11 is 1.74. The first-order valence-electron chi connectivity index (χ1n) is 11.1. The molecule has 166 valence electrons. The highest BCUT2D eigenvalue weighted by Gasteiger charge is 2.40. The number of amides is 1. The van der Waals surface area contributed by atoms with Gasteiger partial charge in [0.05, 0.1) is 46.1 Å². The van der Waals surface area contributed by atoms with E-state index in [4.69, 9.17) is 14.2 Å². The van der Waals surface area contributed by atoms with E-state index in [2.05, 4.69) is 39.4 Å². The van der Waals surface area contributed by atoms with Crippen molar-refractivity contribution < 1.29 is 19.0 Å². The van der Waals surface area contributed by atoms with Crippen molar-refractivity contribution in [3.05, 3.63) is 45.6 Å². The van der Waals surface area contributed by atoms with Gasteiger partial charge in [-0.25, -0.2) is 0 Å². The van der Waals surface area contributed by atoms with Gasteiger partial charge < -0.3 is 19.1 Å². The first-order valence-corrected chi connectivity index (χ1v) is 12.0. The van der Waals surface area contributed by atoms with Crippen LogP contribution in [0.4, 0.5) is 0 Å². The maximum absolute atomic E-state index is 13.4. The Morgan fingerprint density at radius 3 is 2.71 bits per heavy atom. The maximum atomic E-state index is 13.4. The van der Waals surface area contributed by atoms with Gasteiger partial charge in [0.15, 0.2) is 11.5 Å². The van der Waals surface area contributed by atoms with E-state index in [0.29, 0.717) is 32.2 Å². The first kappa shape index (κ1) is 20.8. The topological polar surface area (TPSA) is 51.2 Å². The third-order valence-electron chi connectivity index (χ3n) is 6.78. The molecule has 2 aliphatic heterocycles. The summed E-state index contributed by atoms with van der Waals surface area (Å²) in [7, 11) is 3.35. The number of carbonyl (C=O) groups is 1. The number of carbonyl (C=O) groups excluding carboxylic acids is 1. The molecule has 1 amide bonds. The van der Waals surface area contributed by atoms with Crippen LogP contribution in [-0.4, -0.2) is 68.8 Å². The molecule has 2 atom stereocenters. The number of ether oxygens (including phenoxy) is 3. The zero-order valence-electron chi connectivity index (χ0n) is 18.2. The first-order chi connectivity index (χ1) is 15.2. The molecule has 3 aliphatic rings. The molecule has 1 saturated carbocycles. The number of rotatable bonds is 6. The van der Waals surface area contributed by atoms with Crippen molar-refractivity contribution in [2.24, 2.45) is 5.92 Å². The summed E-state index contributed by atoms with van der Waals surface area (Å²) in [6.45, 7) is 3.31. The number of benzene rings is 1. The number of hydrogen-bond acceptors (Lipinski definition) is 6. The minimum absolute atomic E-state index is 0.0490. The van der Waals surface area contributed by atoms with Crippen LogP contribution >= 0.6 is 11.3 Å². The Balaban J connectivity index is 1.44. The van der Waals surface area contributed by atoms with Gasteiger partial charge >= 0.3 is 0 Å². The minimum atomic E-state index is 0.0490. The highest BCUT2D eigenvalue weighted by atomic mass is 32.1. The van der Waals surface area contributed by atoms with Crippen LogP contribution in [0.5, 0.6) is 11.5 Å². The second kappa shape index (κ2) is 8.81. The number of methoxy groups -OCH3 is 2. The number of morpholine rings is 1. The van der Waals surface area contributed by atoms with E-state index >= 15 is 0 Å². The van der Waals surface area contributed by atoms with Crippen molar-refractivity contribution in [3.8, 4) is 11.5 Å². The lowest BCUT2D eigenvalue weighted by Gasteiger charge is -2.40. The third kappa shape index (κ3) is 4.06. The van der Waals surface area contributed by atoms with E-state index in [1.807, 2.05) is 0 Å². The zero-order chi connectivity index (χ0) is 21.4. The van der Waals surface area contributed by atoms with Crippen LogP contribution in [-0.2, 0) is 16.0 Å². The van der Waals surface area contributed by atoms with Gasteiger partial charge in [-0.05, 0) is 59.9 Å². The highest BCUT2D eigenvalue weighted by molar-refractivity contribution is 7.10. The average Bonchev–Trinajstić information content (AvgIpc) is 3.52. The summed E-state index contributed by atoms with van der Waals surface area (Å²) in [6.07, 6.45) is 3.32. The van der Waals surface area contributed by atoms with Gasteiger partial charge in [0.25, 0.3) is 0 Å². The summed E-state index contributed by atoms with van der Waals surface area (Å²) in [5.74, 6) is 2.34. The third-order valence-corrected chi connectivity index (χ3v) is 7.70. The molecule has 0 radical (unpaired) electrons. The van der Waals surface area contributed by atoms with Crippen LogP contribution in [0.25, 0.3) is 0 Å². The predicted molar refractivity (Wildman–Crippen MR) is 120 cm³/mol. The lowest BCUT2D eigenvalue weighted by Crippen LogP contribution is -2.53. The van der Waals surface area contributed by atoms with Gasteiger partial charge in [0, 0.05) is 18.0 Å². The highest BCUT2D eigenvalue weighted by Crippen LogP contribution is 2.42. The average molecular weight is 443 g/mol. The van der Waals surface area contributed by atoms with Crippen molar-refractivity contribution in [2.75, 3.05) is 47.1 Å². The molecule has 6 nitrogen and oxygen atoms in total. The Bertz CT molecular complexity index is 928. The molecule has 3 heterocycles. The lowest BCUT2D eigenvalue weighted by atomic mass is 9.90. The maximum Gasteiger partial charge on any atom is 0.237 e. The SMILES string of the molecule is COc1cc2c(cc1OC)C(c1cccs1)N(CC(=O)N1CCOCC1C1CC1)CC2. The van der Waals surface area contributed by atoms with Crippen molar-refractivity contribution in [3.63, 3.8) is 0 Å². The second-order valence-corrected chi connectivity index (χ2v) is 9.59. The summed E-state index contributed by atoms with van der Waals surface area (Å²) in [5, 5.41) is 2.11. The van der Waals surface area contributed by atoms with E-state index in [9.17, 15) is 4.79 Å². The van der Waals surface area contributed by atoms with Crippen LogP contribution in [0.2, 0.25) is 0 Å². The molecule has 1 aromatic heterocycles. The van der Waals surface area contributed by atoms with Crippen LogP contribution in [0.15, 0.2) is 29.6 Å². The number of nitrogens with zero attached hydrogens (tertiary/aromatic N) is 2. The zero-order valence-corrected chi connectivity index (χ0v) is 19.0. The summed E-state index contributed by atoms with van der Waals surface area (Å²) in [4.78, 5) is 19.1. The predicted octanol–water partition coefficient (Wildman–Crippen LogP) is 3.35. The molecular weight excluding hydrogens is 412 g/mol. The van der Waals surface area contributed by atoms with Crippen LogP contribution in [0.1, 0.15) is 34.9 Å². The Labute approximate surface area is 187 Å². The van der Waals surface area contributed by atoms with Crippen molar-refractivity contribution >= 4 is 17.2 Å². The molecule has 5 rings (SSSR count). The van der Waals surface area contributed by atoms with Crippen LogP contribution in [0, 0.1) is 5.92 Å². The molecule has 31 heavy (non-hydrogen) atoms. The molecule has 0 N–H and O–H groups in total. The smallest absolute Gasteiger partial charge is 0.237 e. The van der Waals surface area contributed by atoms with E-state index in [1.54, 1.807) is 25.6 Å². The van der Waals surface area contributed by atoms with Crippen molar-refractivity contribution in [1.82, 2.24) is 9.80 Å². The normalized spacial score (nSPS) is 24.0. The monoisotopic (exact) mass is 442 g/mol. The fraction of sp³-hybridized carbons (Fsp3) is 0.542. The van der Waals surface area contributed by atoms with Crippen LogP contribution in [0.3, 0.4) is 0 Å². The fourth-order valence-electron chi connectivity index (χ4n) is 5.02. The van der Waals surface area contributed by atoms with Gasteiger partial charge in [0.1, 0.15) is 0 Å². The Hall–Kier alpha value is -2.09. The summed E-state index contributed by atoms with van der Waals surface area (Å²) < 4.78 is 16.8. The fourth-order valence-corrected chi connectivity index (χ4v) is 5.89. The minimum Gasteiger partial charge on any atom is -0.493 e. The molecular formula is C24H30N2O4S. The van der Waals surface area contributed by atoms with E-state index in [-0.39, 0.29) is 18.0 Å². The molecule has 0 spiro atoms. The number of thiophene rings is 1. The molecule has 1 saturated heterocycles. The van der Waals surface area contributed by atoms with Gasteiger partial charge in [-0.15, -0.1) is 11.3 Å². The molecule has 2 unspecified atom stereocenters. The van der Waals surface area contributed by atoms with Gasteiger partial charge in [0.2, 0.25) is 5.91 Å². The van der Waals surface area contributed by atoms with Crippen molar-refractivity contribution in [2.45, 2.75) is 31.3 Å². The van der Waals surface area contributed by atoms with Gasteiger partial charge in [-0.3, -0.25) is 9.69 Å². The van der Waals surface area contributed by atoms with E-state index in [0.717, 1.165) is 24.5 Å². The quantitative estimate of drug-likeness (QED) is 0.687. The van der Waals surface area contributed by atoms with E-state index < -0.39 is 0 Å². The standard InChI is InChI=1S/C24H30N2O4S/c1-28-20-12-17-7-8-25(14-23(27)26-9-10-30-15-19(26)16-5-6-16)24(22-4-3-11-31-22)18(17)13-21(20)29-2/h3-4,11-13,16,19,24H,5-10,14-15H2,1-2H3. The molecule has 2 aromatic rings. The Morgan fingerprint density at radius 2 is 2.00 bits per heavy atom. The van der Waals surface area contributed by atoms with E-state index in [1.165, 1.54) is 28.8 Å². The van der Waals surface area contributed by atoms with Gasteiger partial charge in [-0.2, -0.15) is 0 Å².